The van der Waals surface area contributed by atoms with Gasteiger partial charge in [-0.3, -0.25) is 0 Å². The molecule has 1 aliphatic heterocycles. The molecule has 2 nitrogen and oxygen atoms in total. The van der Waals surface area contributed by atoms with Gasteiger partial charge in [0.25, 0.3) is 0 Å². The maximum Gasteiger partial charge on any atom is 0.123 e. The van der Waals surface area contributed by atoms with Crippen LogP contribution in [0.15, 0.2) is 18.2 Å². The number of hydrogen-bond donors (Lipinski definition) is 1. The zero-order chi connectivity index (χ0) is 11.1. The first-order valence-electron chi connectivity index (χ1n) is 5.50. The van der Waals surface area contributed by atoms with Crippen molar-refractivity contribution in [2.45, 2.75) is 32.2 Å². The molecule has 1 N–H and O–H groups in total. The average Bonchev–Trinajstić information content (AvgIpc) is 2.96. The Balaban J connectivity index is 2.44. The molecule has 0 aromatic heterocycles. The van der Waals surface area contributed by atoms with Gasteiger partial charge in [0.2, 0.25) is 0 Å². The van der Waals surface area contributed by atoms with Crippen molar-refractivity contribution in [1.82, 2.24) is 5.32 Å². The van der Waals surface area contributed by atoms with E-state index in [0.29, 0.717) is 5.92 Å². The van der Waals surface area contributed by atoms with E-state index in [2.05, 4.69) is 44.3 Å². The molecule has 0 amide bonds. The highest BCUT2D eigenvalue weighted by atomic mass is 16.5. The number of nitrogens with one attached hydrogen (secondary N) is 1. The van der Waals surface area contributed by atoms with E-state index in [9.17, 15) is 0 Å². The molecule has 0 saturated carbocycles. The third-order valence-corrected chi connectivity index (χ3v) is 3.19. The van der Waals surface area contributed by atoms with Crippen molar-refractivity contribution in [2.75, 3.05) is 13.7 Å². The summed E-state index contributed by atoms with van der Waals surface area (Å²) in [7, 11) is 1.74. The summed E-state index contributed by atoms with van der Waals surface area (Å²) >= 11 is 0. The van der Waals surface area contributed by atoms with Gasteiger partial charge in [-0.1, -0.05) is 19.9 Å². The zero-order valence-electron chi connectivity index (χ0n) is 9.92. The monoisotopic (exact) mass is 205 g/mol. The lowest BCUT2D eigenvalue weighted by atomic mass is 9.94. The predicted molar refractivity (Wildman–Crippen MR) is 62.4 cm³/mol. The smallest absolute Gasteiger partial charge is 0.123 e. The van der Waals surface area contributed by atoms with Crippen LogP contribution in [0, 0.1) is 0 Å². The molecule has 1 saturated heterocycles. The first-order chi connectivity index (χ1) is 7.07. The number of rotatable bonds is 3. The van der Waals surface area contributed by atoms with Crippen molar-refractivity contribution >= 4 is 0 Å². The lowest BCUT2D eigenvalue weighted by molar-refractivity contribution is 0.404. The number of ether oxygens (including phenoxy) is 1. The maximum absolute atomic E-state index is 5.41. The molecule has 1 heterocycles. The molecule has 1 aromatic rings. The molecule has 0 bridgehead atoms. The lowest BCUT2D eigenvalue weighted by Gasteiger charge is -2.16. The van der Waals surface area contributed by atoms with E-state index in [1.165, 1.54) is 11.1 Å². The summed E-state index contributed by atoms with van der Waals surface area (Å²) in [6, 6.07) is 6.50. The first-order valence-corrected chi connectivity index (χ1v) is 5.50. The molecule has 15 heavy (non-hydrogen) atoms. The first kappa shape index (κ1) is 10.5. The molecule has 2 heteroatoms. The molecule has 1 unspecified atom stereocenters. The van der Waals surface area contributed by atoms with Gasteiger partial charge in [-0.2, -0.15) is 0 Å². The second kappa shape index (κ2) is 3.53. The van der Waals surface area contributed by atoms with Crippen molar-refractivity contribution < 1.29 is 4.74 Å². The molecule has 1 aliphatic rings. The van der Waals surface area contributed by atoms with Crippen LogP contribution in [-0.4, -0.2) is 13.7 Å². The minimum atomic E-state index is 0.135. The number of benzene rings is 1. The van der Waals surface area contributed by atoms with Gasteiger partial charge in [0.1, 0.15) is 5.75 Å². The van der Waals surface area contributed by atoms with Gasteiger partial charge in [-0.05, 0) is 30.5 Å². The molecule has 0 radical (unpaired) electrons. The summed E-state index contributed by atoms with van der Waals surface area (Å²) in [5.74, 6) is 1.56. The van der Waals surface area contributed by atoms with Crippen LogP contribution in [0.1, 0.15) is 37.8 Å². The topological polar surface area (TPSA) is 31.2 Å². The van der Waals surface area contributed by atoms with Crippen LogP contribution < -0.4 is 10.1 Å². The van der Waals surface area contributed by atoms with Gasteiger partial charge in [0, 0.05) is 12.1 Å². The second-order valence-electron chi connectivity index (χ2n) is 4.80. The number of hydrogen-bond acceptors (Lipinski definition) is 2. The van der Waals surface area contributed by atoms with Crippen LogP contribution in [-0.2, 0) is 5.54 Å². The Kier molecular flexibility index (Phi) is 2.47. The van der Waals surface area contributed by atoms with Gasteiger partial charge in [0.05, 0.1) is 12.6 Å². The Morgan fingerprint density at radius 3 is 2.53 bits per heavy atom. The Hall–Kier alpha value is -1.02. The largest absolute Gasteiger partial charge is 0.496 e. The van der Waals surface area contributed by atoms with E-state index in [1.54, 1.807) is 7.11 Å². The van der Waals surface area contributed by atoms with E-state index in [1.807, 2.05) is 0 Å². The molecule has 1 aromatic carbocycles. The van der Waals surface area contributed by atoms with Gasteiger partial charge in [-0.15, -0.1) is 0 Å². The van der Waals surface area contributed by atoms with Gasteiger partial charge in [0.15, 0.2) is 0 Å². The minimum Gasteiger partial charge on any atom is -0.496 e. The predicted octanol–water partition coefficient (Wildman–Crippen LogP) is 2.64. The Morgan fingerprint density at radius 2 is 2.07 bits per heavy atom. The molecule has 0 spiro atoms. The van der Waals surface area contributed by atoms with E-state index < -0.39 is 0 Å². The van der Waals surface area contributed by atoms with Crippen molar-refractivity contribution in [3.63, 3.8) is 0 Å². The lowest BCUT2D eigenvalue weighted by Crippen LogP contribution is -2.09. The van der Waals surface area contributed by atoms with Crippen LogP contribution in [0.2, 0.25) is 0 Å². The molecular weight excluding hydrogens is 186 g/mol. The third kappa shape index (κ3) is 1.86. The van der Waals surface area contributed by atoms with Crippen LogP contribution in [0.5, 0.6) is 5.75 Å². The van der Waals surface area contributed by atoms with E-state index in [-0.39, 0.29) is 5.54 Å². The van der Waals surface area contributed by atoms with Crippen molar-refractivity contribution in [2.24, 2.45) is 0 Å². The summed E-state index contributed by atoms with van der Waals surface area (Å²) in [6.07, 6.45) is 0. The molecule has 82 valence electrons. The molecule has 1 fully saturated rings. The summed E-state index contributed by atoms with van der Waals surface area (Å²) < 4.78 is 5.41. The highest BCUT2D eigenvalue weighted by Gasteiger charge is 2.40. The SMILES string of the molecule is COc1ccc(C(C)C)cc1C1(C)CN1. The van der Waals surface area contributed by atoms with Crippen molar-refractivity contribution in [1.29, 1.82) is 0 Å². The summed E-state index contributed by atoms with van der Waals surface area (Å²) in [4.78, 5) is 0. The van der Waals surface area contributed by atoms with Crippen molar-refractivity contribution in [3.8, 4) is 5.75 Å². The fourth-order valence-electron chi connectivity index (χ4n) is 1.84. The zero-order valence-corrected chi connectivity index (χ0v) is 9.92. The highest BCUT2D eigenvalue weighted by Crippen LogP contribution is 2.38. The summed E-state index contributed by atoms with van der Waals surface area (Å²) in [5, 5.41) is 3.39. The van der Waals surface area contributed by atoms with Crippen LogP contribution >= 0.6 is 0 Å². The summed E-state index contributed by atoms with van der Waals surface area (Å²) in [6.45, 7) is 7.70. The van der Waals surface area contributed by atoms with Crippen LogP contribution in [0.4, 0.5) is 0 Å². The van der Waals surface area contributed by atoms with E-state index >= 15 is 0 Å². The van der Waals surface area contributed by atoms with E-state index in [0.717, 1.165) is 12.3 Å². The molecule has 2 rings (SSSR count). The van der Waals surface area contributed by atoms with Gasteiger partial charge < -0.3 is 10.1 Å². The Morgan fingerprint density at radius 1 is 1.40 bits per heavy atom. The normalized spacial score (nSPS) is 24.3. The Bertz CT molecular complexity index is 367. The van der Waals surface area contributed by atoms with Crippen LogP contribution in [0.25, 0.3) is 0 Å². The third-order valence-electron chi connectivity index (χ3n) is 3.19. The molecule has 1 atom stereocenters. The average molecular weight is 205 g/mol. The molecule has 0 aliphatic carbocycles. The quantitative estimate of drug-likeness (QED) is 0.769. The second-order valence-corrected chi connectivity index (χ2v) is 4.80. The van der Waals surface area contributed by atoms with Crippen molar-refractivity contribution in [3.05, 3.63) is 29.3 Å². The fourth-order valence-corrected chi connectivity index (χ4v) is 1.84. The number of methoxy groups -OCH3 is 1. The van der Waals surface area contributed by atoms with Crippen LogP contribution in [0.3, 0.4) is 0 Å². The minimum absolute atomic E-state index is 0.135. The maximum atomic E-state index is 5.41. The standard InChI is InChI=1S/C13H19NO/c1-9(2)10-5-6-12(15-4)11(7-10)13(3)8-14-13/h5-7,9,14H,8H2,1-4H3. The highest BCUT2D eigenvalue weighted by molar-refractivity contribution is 5.45. The fraction of sp³-hybridized carbons (Fsp3) is 0.538. The van der Waals surface area contributed by atoms with Gasteiger partial charge >= 0.3 is 0 Å². The Labute approximate surface area is 91.6 Å². The van der Waals surface area contributed by atoms with Gasteiger partial charge in [-0.25, -0.2) is 0 Å². The summed E-state index contributed by atoms with van der Waals surface area (Å²) in [5.41, 5.74) is 2.80. The van der Waals surface area contributed by atoms with E-state index in [4.69, 9.17) is 4.74 Å². The molecular formula is C13H19NO.